The molecule has 0 saturated carbocycles. The van der Waals surface area contributed by atoms with E-state index in [-0.39, 0.29) is 11.9 Å². The van der Waals surface area contributed by atoms with Gasteiger partial charge in [-0.25, -0.2) is 0 Å². The van der Waals surface area contributed by atoms with Crippen molar-refractivity contribution in [1.82, 2.24) is 9.47 Å². The molecule has 6 rings (SSSR count). The molecule has 0 N–H and O–H groups in total. The minimum absolute atomic E-state index is 0.0157. The molecule has 0 unspecified atom stereocenters. The van der Waals surface area contributed by atoms with Crippen molar-refractivity contribution in [3.8, 4) is 11.3 Å². The number of amides is 1. The predicted molar refractivity (Wildman–Crippen MR) is 135 cm³/mol. The number of hydrogen-bond donors (Lipinski definition) is 0. The Labute approximate surface area is 206 Å². The number of para-hydroxylation sites is 1. The normalized spacial score (nSPS) is 15.3. The topological polar surface area (TPSA) is 38.4 Å². The first-order valence-corrected chi connectivity index (χ1v) is 11.7. The fourth-order valence-electron chi connectivity index (χ4n) is 5.12. The Morgan fingerprint density at radius 3 is 2.50 bits per heavy atom. The van der Waals surface area contributed by atoms with Crippen LogP contribution in [0.3, 0.4) is 0 Å². The van der Waals surface area contributed by atoms with Crippen molar-refractivity contribution in [3.05, 3.63) is 118 Å². The largest absolute Gasteiger partial charge is 0.467 e. The minimum Gasteiger partial charge on any atom is -0.467 e. The van der Waals surface area contributed by atoms with Crippen LogP contribution in [0.2, 0.25) is 10.0 Å². The smallest absolute Gasteiger partial charge is 0.255 e. The summed E-state index contributed by atoms with van der Waals surface area (Å²) in [5.74, 6) is 0.718. The maximum absolute atomic E-state index is 13.6. The molecule has 4 nitrogen and oxygen atoms in total. The number of fused-ring (bicyclic) bond motifs is 2. The lowest BCUT2D eigenvalue weighted by molar-refractivity contribution is 0.0724. The third kappa shape index (κ3) is 3.17. The van der Waals surface area contributed by atoms with E-state index in [1.165, 1.54) is 0 Å². The molecule has 0 bridgehead atoms. The number of aryl methyl sites for hydroxylation is 1. The lowest BCUT2D eigenvalue weighted by Crippen LogP contribution is -2.28. The van der Waals surface area contributed by atoms with E-state index in [1.807, 2.05) is 72.6 Å². The highest BCUT2D eigenvalue weighted by Gasteiger charge is 2.41. The van der Waals surface area contributed by atoms with E-state index in [2.05, 4.69) is 16.7 Å². The van der Waals surface area contributed by atoms with E-state index < -0.39 is 0 Å². The number of hydrogen-bond acceptors (Lipinski definition) is 2. The van der Waals surface area contributed by atoms with Gasteiger partial charge in [0, 0.05) is 39.7 Å². The highest BCUT2D eigenvalue weighted by atomic mass is 35.5. The molecule has 0 fully saturated rings. The van der Waals surface area contributed by atoms with Gasteiger partial charge in [0.2, 0.25) is 0 Å². The zero-order valence-electron chi connectivity index (χ0n) is 18.3. The van der Waals surface area contributed by atoms with Crippen molar-refractivity contribution in [2.75, 3.05) is 0 Å². The highest BCUT2D eigenvalue weighted by molar-refractivity contribution is 6.36. The van der Waals surface area contributed by atoms with Gasteiger partial charge in [-0.1, -0.05) is 59.6 Å². The molecule has 34 heavy (non-hydrogen) atoms. The predicted octanol–water partition coefficient (Wildman–Crippen LogP) is 7.49. The second kappa shape index (κ2) is 8.08. The van der Waals surface area contributed by atoms with Crippen molar-refractivity contribution in [2.45, 2.75) is 12.6 Å². The summed E-state index contributed by atoms with van der Waals surface area (Å²) in [7, 11) is 2.03. The average molecular weight is 487 g/mol. The summed E-state index contributed by atoms with van der Waals surface area (Å²) < 4.78 is 7.78. The van der Waals surface area contributed by atoms with E-state index in [0.717, 1.165) is 39.0 Å². The van der Waals surface area contributed by atoms with Crippen LogP contribution in [0.4, 0.5) is 0 Å². The van der Waals surface area contributed by atoms with Gasteiger partial charge in [0.05, 0.1) is 29.6 Å². The van der Waals surface area contributed by atoms with Crippen LogP contribution in [-0.2, 0) is 13.6 Å². The zero-order chi connectivity index (χ0) is 23.4. The van der Waals surface area contributed by atoms with E-state index in [1.54, 1.807) is 12.3 Å². The molecular weight excluding hydrogens is 467 g/mol. The van der Waals surface area contributed by atoms with Crippen LogP contribution in [-0.4, -0.2) is 15.4 Å². The van der Waals surface area contributed by atoms with Crippen LogP contribution in [0, 0.1) is 0 Å². The summed E-state index contributed by atoms with van der Waals surface area (Å²) in [5.41, 5.74) is 5.61. The number of carbonyl (C=O) groups excluding carboxylic acids is 1. The Morgan fingerprint density at radius 1 is 0.912 bits per heavy atom. The maximum atomic E-state index is 13.6. The Morgan fingerprint density at radius 2 is 1.71 bits per heavy atom. The van der Waals surface area contributed by atoms with Crippen molar-refractivity contribution in [2.24, 2.45) is 7.05 Å². The number of benzene rings is 3. The Bertz CT molecular complexity index is 1550. The van der Waals surface area contributed by atoms with Gasteiger partial charge >= 0.3 is 0 Å². The average Bonchev–Trinajstić information content (AvgIpc) is 3.52. The number of rotatable bonds is 4. The quantitative estimate of drug-likeness (QED) is 0.263. The van der Waals surface area contributed by atoms with Crippen molar-refractivity contribution >= 4 is 40.0 Å². The molecule has 0 spiro atoms. The maximum Gasteiger partial charge on any atom is 0.255 e. The molecular formula is C28H20Cl2N2O2. The summed E-state index contributed by atoms with van der Waals surface area (Å²) in [6, 6.07) is 25.0. The van der Waals surface area contributed by atoms with Gasteiger partial charge in [-0.05, 0) is 48.0 Å². The van der Waals surface area contributed by atoms with Crippen LogP contribution in [0.5, 0.6) is 0 Å². The molecule has 1 atom stereocenters. The van der Waals surface area contributed by atoms with Gasteiger partial charge in [-0.2, -0.15) is 0 Å². The fraction of sp³-hybridized carbons (Fsp3) is 0.107. The Kier molecular flexibility index (Phi) is 5.01. The van der Waals surface area contributed by atoms with Crippen molar-refractivity contribution in [3.63, 3.8) is 0 Å². The molecule has 168 valence electrons. The van der Waals surface area contributed by atoms with Crippen LogP contribution >= 0.6 is 23.2 Å². The summed E-state index contributed by atoms with van der Waals surface area (Å²) >= 11 is 13.0. The Balaban J connectivity index is 1.67. The fourth-order valence-corrected chi connectivity index (χ4v) is 5.62. The van der Waals surface area contributed by atoms with Gasteiger partial charge in [0.1, 0.15) is 5.76 Å². The molecule has 1 amide bonds. The number of carbonyl (C=O) groups is 1. The van der Waals surface area contributed by atoms with Gasteiger partial charge in [-0.15, -0.1) is 0 Å². The SMILES string of the molecule is Cn1c(-c2ccc(Cl)cc2Cl)c([C@@H]2c3ccccc3C(=O)N2Cc2ccco2)c2ccccc21. The standard InChI is InChI=1S/C28H20Cl2N2O2/c1-31-24-11-5-4-10-22(24)25(26(31)21-13-12-17(29)15-23(21)30)27-19-8-2-3-9-20(19)28(33)32(27)16-18-7-6-14-34-18/h2-15,27H,16H2,1H3/t27-/m0/s1. The third-order valence-electron chi connectivity index (χ3n) is 6.57. The third-order valence-corrected chi connectivity index (χ3v) is 7.12. The molecule has 3 aromatic carbocycles. The van der Waals surface area contributed by atoms with Crippen LogP contribution in [0.15, 0.2) is 89.5 Å². The van der Waals surface area contributed by atoms with Gasteiger partial charge in [0.25, 0.3) is 5.91 Å². The second-order valence-electron chi connectivity index (χ2n) is 8.46. The molecule has 0 aliphatic carbocycles. The number of aromatic nitrogens is 1. The first-order valence-electron chi connectivity index (χ1n) is 11.0. The molecule has 0 radical (unpaired) electrons. The zero-order valence-corrected chi connectivity index (χ0v) is 19.8. The minimum atomic E-state index is -0.304. The number of halogens is 2. The summed E-state index contributed by atoms with van der Waals surface area (Å²) in [6.07, 6.45) is 1.63. The first-order chi connectivity index (χ1) is 16.5. The summed E-state index contributed by atoms with van der Waals surface area (Å²) in [6.45, 7) is 0.363. The van der Waals surface area contributed by atoms with Gasteiger partial charge in [0.15, 0.2) is 0 Å². The molecule has 2 aromatic heterocycles. The molecule has 1 aliphatic heterocycles. The van der Waals surface area contributed by atoms with E-state index in [0.29, 0.717) is 22.2 Å². The molecule has 5 aromatic rings. The number of furan rings is 1. The molecule has 3 heterocycles. The lowest BCUT2D eigenvalue weighted by Gasteiger charge is -2.26. The van der Waals surface area contributed by atoms with Crippen molar-refractivity contribution < 1.29 is 9.21 Å². The second-order valence-corrected chi connectivity index (χ2v) is 9.31. The van der Waals surface area contributed by atoms with E-state index in [9.17, 15) is 4.79 Å². The van der Waals surface area contributed by atoms with Crippen LogP contribution in [0.1, 0.15) is 33.3 Å². The van der Waals surface area contributed by atoms with Gasteiger partial charge in [-0.3, -0.25) is 4.79 Å². The van der Waals surface area contributed by atoms with Crippen LogP contribution in [0.25, 0.3) is 22.2 Å². The van der Waals surface area contributed by atoms with Gasteiger partial charge < -0.3 is 13.9 Å². The summed E-state index contributed by atoms with van der Waals surface area (Å²) in [4.78, 5) is 15.5. The van der Waals surface area contributed by atoms with E-state index >= 15 is 0 Å². The first kappa shape index (κ1) is 21.1. The summed E-state index contributed by atoms with van der Waals surface area (Å²) in [5, 5.41) is 2.22. The Hall–Kier alpha value is -3.47. The monoisotopic (exact) mass is 486 g/mol. The number of nitrogens with zero attached hydrogens (tertiary/aromatic N) is 2. The lowest BCUT2D eigenvalue weighted by atomic mass is 9.93. The van der Waals surface area contributed by atoms with Crippen LogP contribution < -0.4 is 0 Å². The molecule has 6 heteroatoms. The molecule has 0 saturated heterocycles. The van der Waals surface area contributed by atoms with E-state index in [4.69, 9.17) is 27.6 Å². The molecule has 1 aliphatic rings. The highest BCUT2D eigenvalue weighted by Crippen LogP contribution is 2.48. The van der Waals surface area contributed by atoms with Crippen molar-refractivity contribution in [1.29, 1.82) is 0 Å².